The number of pyridine rings is 1. The number of carbonyl (C=O) groups excluding carboxylic acids is 1. The molecule has 1 atom stereocenters. The number of benzene rings is 2. The molecule has 0 aliphatic carbocycles. The van der Waals surface area contributed by atoms with Gasteiger partial charge < -0.3 is 20.4 Å². The monoisotopic (exact) mass is 482 g/mol. The molecule has 8 nitrogen and oxygen atoms in total. The number of aromatic nitrogens is 3. The molecule has 0 aliphatic rings. The largest absolute Gasteiger partial charge is 0.486 e. The summed E-state index contributed by atoms with van der Waals surface area (Å²) in [5.74, 6) is 0.833. The fourth-order valence-electron chi connectivity index (χ4n) is 3.42. The number of nitrogen functional groups attached to an aromatic ring is 1. The van der Waals surface area contributed by atoms with E-state index in [-0.39, 0.29) is 5.71 Å². The lowest BCUT2D eigenvalue weighted by Gasteiger charge is -2.18. The van der Waals surface area contributed by atoms with Gasteiger partial charge in [-0.15, -0.1) is 0 Å². The second kappa shape index (κ2) is 9.09. The minimum Gasteiger partial charge on any atom is -0.486 e. The van der Waals surface area contributed by atoms with Crippen LogP contribution in [-0.4, -0.2) is 34.1 Å². The number of nitrogens with zero attached hydrogens (tertiary/aromatic N) is 3. The Morgan fingerprint density at radius 2 is 1.94 bits per heavy atom. The first-order valence-corrected chi connectivity index (χ1v) is 10.7. The first kappa shape index (κ1) is 22.6. The molecule has 2 aromatic carbocycles. The van der Waals surface area contributed by atoms with Crippen LogP contribution in [0.5, 0.6) is 5.75 Å². The number of amides is 1. The van der Waals surface area contributed by atoms with E-state index in [2.05, 4.69) is 15.0 Å². The lowest BCUT2D eigenvalue weighted by molar-refractivity contribution is -0.107. The lowest BCUT2D eigenvalue weighted by Crippen LogP contribution is -2.13. The normalized spacial score (nSPS) is 11.9. The molecule has 10 heteroatoms. The quantitative estimate of drug-likeness (QED) is 0.194. The molecule has 0 radical (unpaired) electrons. The van der Waals surface area contributed by atoms with Crippen LogP contribution in [0.25, 0.3) is 11.0 Å². The summed E-state index contributed by atoms with van der Waals surface area (Å²) in [5, 5.41) is 9.49. The summed E-state index contributed by atoms with van der Waals surface area (Å²) in [7, 11) is 1.66. The highest BCUT2D eigenvalue weighted by Gasteiger charge is 2.18. The van der Waals surface area contributed by atoms with E-state index in [0.717, 1.165) is 6.41 Å². The Bertz CT molecular complexity index is 1350. The van der Waals surface area contributed by atoms with Gasteiger partial charge in [-0.1, -0.05) is 23.2 Å². The predicted molar refractivity (Wildman–Crippen MR) is 131 cm³/mol. The average Bonchev–Trinajstić information content (AvgIpc) is 3.22. The number of rotatable bonds is 7. The molecule has 4 rings (SSSR count). The molecule has 0 aliphatic heterocycles. The first-order chi connectivity index (χ1) is 15.8. The molecular formula is C23H20Cl2N6O2. The van der Waals surface area contributed by atoms with Gasteiger partial charge in [0.05, 0.1) is 21.1 Å². The van der Waals surface area contributed by atoms with Gasteiger partial charge in [0, 0.05) is 41.9 Å². The van der Waals surface area contributed by atoms with Crippen molar-refractivity contribution in [1.29, 1.82) is 5.41 Å². The van der Waals surface area contributed by atoms with Crippen molar-refractivity contribution in [3.05, 3.63) is 75.8 Å². The van der Waals surface area contributed by atoms with Crippen LogP contribution in [0.2, 0.25) is 10.0 Å². The molecular weight excluding hydrogens is 463 g/mol. The summed E-state index contributed by atoms with van der Waals surface area (Å²) in [6.45, 7) is 1.82. The van der Waals surface area contributed by atoms with Crippen molar-refractivity contribution < 1.29 is 9.53 Å². The summed E-state index contributed by atoms with van der Waals surface area (Å²) in [5.41, 5.74) is 9.81. The van der Waals surface area contributed by atoms with E-state index in [9.17, 15) is 4.79 Å². The minimum atomic E-state index is -0.460. The van der Waals surface area contributed by atoms with Gasteiger partial charge in [-0.05, 0) is 43.3 Å². The fraction of sp³-hybridized carbons (Fsp3) is 0.130. The zero-order valence-electron chi connectivity index (χ0n) is 17.8. The number of aromatic amines is 1. The van der Waals surface area contributed by atoms with Crippen LogP contribution < -0.4 is 15.4 Å². The smallest absolute Gasteiger partial charge is 0.213 e. The molecule has 33 heavy (non-hydrogen) atoms. The number of hydrogen-bond acceptors (Lipinski definition) is 6. The topological polar surface area (TPSA) is 121 Å². The molecule has 2 aromatic heterocycles. The van der Waals surface area contributed by atoms with Crippen molar-refractivity contribution >= 4 is 57.7 Å². The maximum absolute atomic E-state index is 11.0. The van der Waals surface area contributed by atoms with Crippen LogP contribution in [0, 0.1) is 5.41 Å². The summed E-state index contributed by atoms with van der Waals surface area (Å²) < 4.78 is 6.04. The molecule has 2 heterocycles. The molecule has 0 bridgehead atoms. The average molecular weight is 483 g/mol. The Balaban J connectivity index is 1.63. The molecule has 1 amide bonds. The number of carbonyl (C=O) groups is 1. The Kier molecular flexibility index (Phi) is 6.22. The summed E-state index contributed by atoms with van der Waals surface area (Å²) in [6, 6.07) is 10.4. The summed E-state index contributed by atoms with van der Waals surface area (Å²) in [6.07, 6.45) is 3.28. The number of imidazole rings is 1. The van der Waals surface area contributed by atoms with Gasteiger partial charge in [0.1, 0.15) is 17.6 Å². The van der Waals surface area contributed by atoms with Gasteiger partial charge in [0.25, 0.3) is 0 Å². The molecule has 168 valence electrons. The SMILES string of the molecule is CC(Oc1ccc(N)c(C(=N)c2nc3ccc(N(C)C=O)cc3[nH]2)c1)c1c(Cl)cncc1Cl. The van der Waals surface area contributed by atoms with Gasteiger partial charge in [0.2, 0.25) is 6.41 Å². The van der Waals surface area contributed by atoms with Crippen molar-refractivity contribution in [3.8, 4) is 5.75 Å². The third-order valence-electron chi connectivity index (χ3n) is 5.17. The Morgan fingerprint density at radius 3 is 2.64 bits per heavy atom. The van der Waals surface area contributed by atoms with Crippen LogP contribution in [-0.2, 0) is 4.79 Å². The number of hydrogen-bond donors (Lipinski definition) is 3. The van der Waals surface area contributed by atoms with Crippen LogP contribution in [0.15, 0.2) is 48.8 Å². The van der Waals surface area contributed by atoms with Crippen molar-refractivity contribution in [2.24, 2.45) is 0 Å². The van der Waals surface area contributed by atoms with Crippen LogP contribution >= 0.6 is 23.2 Å². The number of nitrogens with one attached hydrogen (secondary N) is 2. The highest BCUT2D eigenvalue weighted by atomic mass is 35.5. The van der Waals surface area contributed by atoms with E-state index < -0.39 is 6.10 Å². The number of ether oxygens (including phenoxy) is 1. The summed E-state index contributed by atoms with van der Waals surface area (Å²) >= 11 is 12.5. The lowest BCUT2D eigenvalue weighted by atomic mass is 10.1. The second-order valence-corrected chi connectivity index (χ2v) is 8.22. The van der Waals surface area contributed by atoms with Gasteiger partial charge in [-0.25, -0.2) is 4.98 Å². The highest BCUT2D eigenvalue weighted by Crippen LogP contribution is 2.33. The zero-order valence-corrected chi connectivity index (χ0v) is 19.3. The molecule has 0 saturated heterocycles. The minimum absolute atomic E-state index is 0.104. The van der Waals surface area contributed by atoms with E-state index in [1.807, 2.05) is 6.92 Å². The number of H-pyrrole nitrogens is 1. The van der Waals surface area contributed by atoms with E-state index >= 15 is 0 Å². The van der Waals surface area contributed by atoms with E-state index in [1.165, 1.54) is 17.3 Å². The Morgan fingerprint density at radius 1 is 1.21 bits per heavy atom. The third-order valence-corrected chi connectivity index (χ3v) is 5.77. The third kappa shape index (κ3) is 4.48. The maximum Gasteiger partial charge on any atom is 0.213 e. The number of fused-ring (bicyclic) bond motifs is 1. The van der Waals surface area contributed by atoms with Gasteiger partial charge in [-0.3, -0.25) is 15.2 Å². The molecule has 4 aromatic rings. The van der Waals surface area contributed by atoms with Crippen LogP contribution in [0.4, 0.5) is 11.4 Å². The molecule has 4 N–H and O–H groups in total. The first-order valence-electron chi connectivity index (χ1n) is 9.90. The van der Waals surface area contributed by atoms with E-state index in [0.29, 0.717) is 55.2 Å². The molecule has 0 saturated carbocycles. The van der Waals surface area contributed by atoms with Gasteiger partial charge in [-0.2, -0.15) is 0 Å². The molecule has 1 unspecified atom stereocenters. The predicted octanol–water partition coefficient (Wildman–Crippen LogP) is 5.00. The van der Waals surface area contributed by atoms with E-state index in [1.54, 1.807) is 43.4 Å². The van der Waals surface area contributed by atoms with Gasteiger partial charge in [0.15, 0.2) is 5.82 Å². The Labute approximate surface area is 199 Å². The van der Waals surface area contributed by atoms with E-state index in [4.69, 9.17) is 39.1 Å². The maximum atomic E-state index is 11.0. The summed E-state index contributed by atoms with van der Waals surface area (Å²) in [4.78, 5) is 24.1. The molecule has 0 fully saturated rings. The van der Waals surface area contributed by atoms with Crippen molar-refractivity contribution in [1.82, 2.24) is 15.0 Å². The van der Waals surface area contributed by atoms with Crippen LogP contribution in [0.3, 0.4) is 0 Å². The van der Waals surface area contributed by atoms with Crippen molar-refractivity contribution in [2.75, 3.05) is 17.7 Å². The number of anilines is 2. The second-order valence-electron chi connectivity index (χ2n) is 7.40. The van der Waals surface area contributed by atoms with Gasteiger partial charge >= 0.3 is 0 Å². The number of halogens is 2. The standard InChI is InChI=1S/C23H20Cl2N6O2/c1-12(21-16(24)9-28-10-17(21)25)33-14-4-5-18(26)15(8-14)22(27)23-29-19-6-3-13(31(2)11-32)7-20(19)30-23/h3-12,27H,26H2,1-2H3,(H,29,30). The zero-order chi connectivity index (χ0) is 23.7. The Hall–Kier alpha value is -3.62. The van der Waals surface area contributed by atoms with Crippen LogP contribution in [0.1, 0.15) is 30.0 Å². The van der Waals surface area contributed by atoms with Crippen molar-refractivity contribution in [3.63, 3.8) is 0 Å². The highest BCUT2D eigenvalue weighted by molar-refractivity contribution is 6.35. The van der Waals surface area contributed by atoms with Crippen molar-refractivity contribution in [2.45, 2.75) is 13.0 Å². The fourth-order valence-corrected chi connectivity index (χ4v) is 4.09. The number of nitrogens with two attached hydrogens (primary N) is 1. The molecule has 0 spiro atoms.